The van der Waals surface area contributed by atoms with Gasteiger partial charge in [-0.1, -0.05) is 22.0 Å². The topological polar surface area (TPSA) is 62.7 Å². The molecule has 3 rings (SSSR count). The van der Waals surface area contributed by atoms with Crippen molar-refractivity contribution in [1.82, 2.24) is 9.88 Å². The molecular formula is C16H17BrN2O3S. The monoisotopic (exact) mass is 396 g/mol. The highest BCUT2D eigenvalue weighted by Gasteiger charge is 2.21. The standard InChI is InChI=1S/C16H17BrN2O3S/c17-11-2-1-3-13(8-11)22-12-4-6-19(7-5-12)9-15-18-14(10-23-15)16(20)21/h1-3,8,10,12H,4-7,9H2,(H,20,21). The van der Waals surface area contributed by atoms with Crippen LogP contribution in [0.1, 0.15) is 28.3 Å². The number of ether oxygens (including phenoxy) is 1. The molecule has 122 valence electrons. The molecule has 1 aliphatic rings. The number of aromatic nitrogens is 1. The van der Waals surface area contributed by atoms with Gasteiger partial charge in [-0.3, -0.25) is 4.90 Å². The molecule has 2 heterocycles. The molecule has 0 bridgehead atoms. The maximum atomic E-state index is 10.9. The summed E-state index contributed by atoms with van der Waals surface area (Å²) in [7, 11) is 0. The first-order chi connectivity index (χ1) is 11.1. The first-order valence-electron chi connectivity index (χ1n) is 7.42. The smallest absolute Gasteiger partial charge is 0.355 e. The van der Waals surface area contributed by atoms with Gasteiger partial charge in [0.1, 0.15) is 16.9 Å². The lowest BCUT2D eigenvalue weighted by atomic mass is 10.1. The van der Waals surface area contributed by atoms with Crippen molar-refractivity contribution in [1.29, 1.82) is 0 Å². The Kier molecular flexibility index (Phi) is 5.30. The van der Waals surface area contributed by atoms with Gasteiger partial charge in [-0.2, -0.15) is 0 Å². The molecule has 7 heteroatoms. The number of hydrogen-bond acceptors (Lipinski definition) is 5. The third-order valence-corrected chi connectivity index (χ3v) is 5.09. The van der Waals surface area contributed by atoms with Crippen LogP contribution in [0.5, 0.6) is 5.75 Å². The lowest BCUT2D eigenvalue weighted by Gasteiger charge is -2.31. The van der Waals surface area contributed by atoms with Gasteiger partial charge in [0.2, 0.25) is 0 Å². The summed E-state index contributed by atoms with van der Waals surface area (Å²) in [6.07, 6.45) is 2.15. The van der Waals surface area contributed by atoms with Crippen molar-refractivity contribution in [2.75, 3.05) is 13.1 Å². The maximum absolute atomic E-state index is 10.9. The van der Waals surface area contributed by atoms with Gasteiger partial charge in [-0.25, -0.2) is 9.78 Å². The van der Waals surface area contributed by atoms with E-state index in [1.54, 1.807) is 5.38 Å². The van der Waals surface area contributed by atoms with Crippen molar-refractivity contribution in [3.63, 3.8) is 0 Å². The molecule has 1 aromatic carbocycles. The molecule has 23 heavy (non-hydrogen) atoms. The molecule has 0 atom stereocenters. The van der Waals surface area contributed by atoms with Crippen molar-refractivity contribution < 1.29 is 14.6 Å². The summed E-state index contributed by atoms with van der Waals surface area (Å²) < 4.78 is 7.04. The summed E-state index contributed by atoms with van der Waals surface area (Å²) in [4.78, 5) is 17.3. The quantitative estimate of drug-likeness (QED) is 0.835. The minimum absolute atomic E-state index is 0.137. The molecule has 1 saturated heterocycles. The molecule has 0 unspecified atom stereocenters. The molecule has 0 spiro atoms. The number of rotatable bonds is 5. The number of thiazole rings is 1. The normalized spacial score (nSPS) is 16.4. The zero-order valence-corrected chi connectivity index (χ0v) is 14.8. The Hall–Kier alpha value is -1.44. The van der Waals surface area contributed by atoms with Crippen molar-refractivity contribution in [2.45, 2.75) is 25.5 Å². The van der Waals surface area contributed by atoms with Crippen LogP contribution in [0.3, 0.4) is 0 Å². The Labute approximate surface area is 147 Å². The summed E-state index contributed by atoms with van der Waals surface area (Å²) in [5, 5.41) is 11.4. The summed E-state index contributed by atoms with van der Waals surface area (Å²) >= 11 is 4.86. The highest BCUT2D eigenvalue weighted by molar-refractivity contribution is 9.10. The van der Waals surface area contributed by atoms with E-state index in [1.807, 2.05) is 24.3 Å². The Bertz CT molecular complexity index is 683. The van der Waals surface area contributed by atoms with Crippen LogP contribution in [-0.2, 0) is 6.54 Å². The van der Waals surface area contributed by atoms with Gasteiger partial charge in [-0.05, 0) is 31.0 Å². The highest BCUT2D eigenvalue weighted by Crippen LogP contribution is 2.23. The number of hydrogen-bond donors (Lipinski definition) is 1. The second kappa shape index (κ2) is 7.42. The second-order valence-electron chi connectivity index (χ2n) is 5.48. The predicted octanol–water partition coefficient (Wildman–Crippen LogP) is 3.65. The van der Waals surface area contributed by atoms with Crippen molar-refractivity contribution >= 4 is 33.2 Å². The third kappa shape index (κ3) is 4.53. The van der Waals surface area contributed by atoms with E-state index in [2.05, 4.69) is 25.8 Å². The van der Waals surface area contributed by atoms with E-state index in [4.69, 9.17) is 9.84 Å². The predicted molar refractivity (Wildman–Crippen MR) is 92.1 cm³/mol. The van der Waals surface area contributed by atoms with Crippen molar-refractivity contribution in [2.24, 2.45) is 0 Å². The van der Waals surface area contributed by atoms with Crippen LogP contribution < -0.4 is 4.74 Å². The van der Waals surface area contributed by atoms with Crippen LogP contribution in [0, 0.1) is 0 Å². The molecule has 1 fully saturated rings. The number of carbonyl (C=O) groups is 1. The molecule has 5 nitrogen and oxygen atoms in total. The van der Waals surface area contributed by atoms with E-state index in [9.17, 15) is 4.79 Å². The molecular weight excluding hydrogens is 380 g/mol. The maximum Gasteiger partial charge on any atom is 0.355 e. The SMILES string of the molecule is O=C(O)c1csc(CN2CCC(Oc3cccc(Br)c3)CC2)n1. The van der Waals surface area contributed by atoms with Gasteiger partial charge in [0.05, 0.1) is 6.54 Å². The Morgan fingerprint density at radius 1 is 1.43 bits per heavy atom. The van der Waals surface area contributed by atoms with Crippen LogP contribution in [0.25, 0.3) is 0 Å². The summed E-state index contributed by atoms with van der Waals surface area (Å²) in [6, 6.07) is 7.90. The zero-order valence-electron chi connectivity index (χ0n) is 12.4. The molecule has 0 aliphatic carbocycles. The summed E-state index contributed by atoms with van der Waals surface area (Å²) in [5.74, 6) is -0.0718. The minimum Gasteiger partial charge on any atom is -0.490 e. The number of benzene rings is 1. The largest absolute Gasteiger partial charge is 0.490 e. The van der Waals surface area contributed by atoms with E-state index in [0.717, 1.165) is 41.2 Å². The minimum atomic E-state index is -0.964. The van der Waals surface area contributed by atoms with Gasteiger partial charge in [-0.15, -0.1) is 11.3 Å². The third-order valence-electron chi connectivity index (χ3n) is 3.76. The van der Waals surface area contributed by atoms with E-state index in [1.165, 1.54) is 11.3 Å². The van der Waals surface area contributed by atoms with Crippen LogP contribution in [0.4, 0.5) is 0 Å². The number of halogens is 1. The molecule has 1 aliphatic heterocycles. The Balaban J connectivity index is 1.49. The summed E-state index contributed by atoms with van der Waals surface area (Å²) in [6.45, 7) is 2.57. The van der Waals surface area contributed by atoms with Gasteiger partial charge >= 0.3 is 5.97 Å². The fourth-order valence-electron chi connectivity index (χ4n) is 2.59. The molecule has 2 aromatic rings. The van der Waals surface area contributed by atoms with Crippen LogP contribution in [-0.4, -0.2) is 40.2 Å². The number of piperidine rings is 1. The molecule has 0 radical (unpaired) electrons. The van der Waals surface area contributed by atoms with E-state index in [-0.39, 0.29) is 11.8 Å². The lowest BCUT2D eigenvalue weighted by molar-refractivity contribution is 0.0690. The molecule has 1 aromatic heterocycles. The highest BCUT2D eigenvalue weighted by atomic mass is 79.9. The number of carboxylic acid groups (broad SMARTS) is 1. The first-order valence-corrected chi connectivity index (χ1v) is 9.10. The van der Waals surface area contributed by atoms with E-state index < -0.39 is 5.97 Å². The lowest BCUT2D eigenvalue weighted by Crippen LogP contribution is -2.37. The van der Waals surface area contributed by atoms with Gasteiger partial charge in [0.25, 0.3) is 0 Å². The van der Waals surface area contributed by atoms with E-state index in [0.29, 0.717) is 6.54 Å². The van der Waals surface area contributed by atoms with Crippen molar-refractivity contribution in [3.05, 3.63) is 44.8 Å². The van der Waals surface area contributed by atoms with Crippen molar-refractivity contribution in [3.8, 4) is 5.75 Å². The van der Waals surface area contributed by atoms with Gasteiger partial charge in [0, 0.05) is 22.9 Å². The Morgan fingerprint density at radius 3 is 2.87 bits per heavy atom. The van der Waals surface area contributed by atoms with Gasteiger partial charge in [0.15, 0.2) is 5.69 Å². The van der Waals surface area contributed by atoms with Gasteiger partial charge < -0.3 is 9.84 Å². The number of likely N-dealkylation sites (tertiary alicyclic amines) is 1. The Morgan fingerprint density at radius 2 is 2.22 bits per heavy atom. The average Bonchev–Trinajstić information content (AvgIpc) is 2.98. The number of carboxylic acids is 1. The number of aromatic carboxylic acids is 1. The summed E-state index contributed by atoms with van der Waals surface area (Å²) in [5.41, 5.74) is 0.137. The fraction of sp³-hybridized carbons (Fsp3) is 0.375. The molecule has 1 N–H and O–H groups in total. The fourth-order valence-corrected chi connectivity index (χ4v) is 3.78. The van der Waals surface area contributed by atoms with Crippen LogP contribution >= 0.6 is 27.3 Å². The molecule has 0 amide bonds. The number of nitrogens with zero attached hydrogens (tertiary/aromatic N) is 2. The zero-order chi connectivity index (χ0) is 16.2. The van der Waals surface area contributed by atoms with Crippen LogP contribution in [0.15, 0.2) is 34.1 Å². The second-order valence-corrected chi connectivity index (χ2v) is 7.34. The molecule has 0 saturated carbocycles. The average molecular weight is 397 g/mol. The first kappa shape index (κ1) is 16.4. The van der Waals surface area contributed by atoms with Crippen LogP contribution in [0.2, 0.25) is 0 Å². The van der Waals surface area contributed by atoms with E-state index >= 15 is 0 Å².